The molecule has 0 unspecified atom stereocenters. The molecule has 0 aliphatic rings. The molecule has 1 aromatic rings. The highest BCUT2D eigenvalue weighted by atomic mass is 32.2. The zero-order valence-electron chi connectivity index (χ0n) is 8.03. The van der Waals surface area contributed by atoms with Crippen molar-refractivity contribution in [3.8, 4) is 0 Å². The summed E-state index contributed by atoms with van der Waals surface area (Å²) in [5.74, 6) is 0.623. The lowest BCUT2D eigenvalue weighted by molar-refractivity contribution is -0.110. The van der Waals surface area contributed by atoms with Gasteiger partial charge in [-0.15, -0.1) is 0 Å². The molecule has 0 atom stereocenters. The monoisotopic (exact) mass is 208 g/mol. The Balaban J connectivity index is 2.55. The van der Waals surface area contributed by atoms with Crippen LogP contribution < -0.4 is 0 Å². The third-order valence-corrected chi connectivity index (χ3v) is 2.46. The van der Waals surface area contributed by atoms with Crippen LogP contribution in [0.3, 0.4) is 0 Å². The largest absolute Gasteiger partial charge is 0.294 e. The van der Waals surface area contributed by atoms with Crippen LogP contribution >= 0.6 is 11.8 Å². The Hall–Kier alpha value is -1.09. The molecule has 14 heavy (non-hydrogen) atoms. The first kappa shape index (κ1) is 11.0. The smallest absolute Gasteiger partial charge is 0.196 e. The summed E-state index contributed by atoms with van der Waals surface area (Å²) in [7, 11) is 0. The number of hydrogen-bond acceptors (Lipinski definition) is 3. The van der Waals surface area contributed by atoms with Crippen LogP contribution in [0.5, 0.6) is 0 Å². The summed E-state index contributed by atoms with van der Waals surface area (Å²) in [6.07, 6.45) is 0.00250. The molecule has 0 fully saturated rings. The van der Waals surface area contributed by atoms with Crippen molar-refractivity contribution in [3.05, 3.63) is 35.9 Å². The standard InChI is InChI=1S/C11H12O2S/c1-2-14-11(13)8-10(12)9-6-4-3-5-7-9/h3-7H,2,8H2,1H3. The molecule has 0 aliphatic carbocycles. The fourth-order valence-corrected chi connectivity index (χ4v) is 1.62. The highest BCUT2D eigenvalue weighted by molar-refractivity contribution is 8.13. The third-order valence-electron chi connectivity index (χ3n) is 1.71. The van der Waals surface area contributed by atoms with Crippen LogP contribution in [0.2, 0.25) is 0 Å². The number of benzene rings is 1. The molecule has 0 saturated carbocycles. The van der Waals surface area contributed by atoms with Crippen LogP contribution in [0.15, 0.2) is 30.3 Å². The van der Waals surface area contributed by atoms with Crippen molar-refractivity contribution in [2.24, 2.45) is 0 Å². The van der Waals surface area contributed by atoms with Gasteiger partial charge < -0.3 is 0 Å². The van der Waals surface area contributed by atoms with Gasteiger partial charge in [0.15, 0.2) is 10.9 Å². The Morgan fingerprint density at radius 1 is 1.21 bits per heavy atom. The van der Waals surface area contributed by atoms with Crippen LogP contribution in [0.1, 0.15) is 23.7 Å². The van der Waals surface area contributed by atoms with Crippen LogP contribution in [-0.4, -0.2) is 16.7 Å². The molecule has 0 spiro atoms. The van der Waals surface area contributed by atoms with Crippen LogP contribution in [0.25, 0.3) is 0 Å². The molecular weight excluding hydrogens is 196 g/mol. The number of carbonyl (C=O) groups is 2. The average Bonchev–Trinajstić information content (AvgIpc) is 2.19. The summed E-state index contributed by atoms with van der Waals surface area (Å²) in [6.45, 7) is 1.90. The number of rotatable bonds is 4. The summed E-state index contributed by atoms with van der Waals surface area (Å²) in [6, 6.07) is 8.90. The van der Waals surface area contributed by atoms with E-state index in [1.165, 1.54) is 11.8 Å². The summed E-state index contributed by atoms with van der Waals surface area (Å²) in [5, 5.41) is -0.0543. The maximum absolute atomic E-state index is 11.5. The van der Waals surface area contributed by atoms with Gasteiger partial charge in [-0.05, 0) is 5.75 Å². The molecule has 2 nitrogen and oxygen atoms in total. The van der Waals surface area contributed by atoms with E-state index < -0.39 is 0 Å². The second-order valence-corrected chi connectivity index (χ2v) is 4.09. The van der Waals surface area contributed by atoms with E-state index in [-0.39, 0.29) is 17.3 Å². The van der Waals surface area contributed by atoms with Crippen LogP contribution in [0, 0.1) is 0 Å². The van der Waals surface area contributed by atoms with Gasteiger partial charge >= 0.3 is 0 Å². The van der Waals surface area contributed by atoms with Gasteiger partial charge in [0, 0.05) is 5.56 Å². The van der Waals surface area contributed by atoms with Crippen molar-refractivity contribution in [3.63, 3.8) is 0 Å². The van der Waals surface area contributed by atoms with Crippen molar-refractivity contribution in [2.45, 2.75) is 13.3 Å². The van der Waals surface area contributed by atoms with Crippen LogP contribution in [0.4, 0.5) is 0 Å². The van der Waals surface area contributed by atoms with Crippen molar-refractivity contribution in [2.75, 3.05) is 5.75 Å². The quantitative estimate of drug-likeness (QED) is 0.563. The van der Waals surface area contributed by atoms with Gasteiger partial charge in [-0.1, -0.05) is 49.0 Å². The highest BCUT2D eigenvalue weighted by Gasteiger charge is 2.10. The molecule has 0 bridgehead atoms. The lowest BCUT2D eigenvalue weighted by Gasteiger charge is -1.98. The van der Waals surface area contributed by atoms with Gasteiger partial charge in [-0.3, -0.25) is 9.59 Å². The number of hydrogen-bond donors (Lipinski definition) is 0. The molecule has 1 aromatic carbocycles. The van der Waals surface area contributed by atoms with E-state index in [0.717, 1.165) is 5.75 Å². The Morgan fingerprint density at radius 2 is 1.86 bits per heavy atom. The summed E-state index contributed by atoms with van der Waals surface area (Å²) >= 11 is 1.19. The van der Waals surface area contributed by atoms with E-state index in [9.17, 15) is 9.59 Å². The molecule has 0 radical (unpaired) electrons. The summed E-state index contributed by atoms with van der Waals surface area (Å²) in [4.78, 5) is 22.7. The maximum Gasteiger partial charge on any atom is 0.196 e. The van der Waals surface area contributed by atoms with Crippen molar-refractivity contribution in [1.29, 1.82) is 0 Å². The molecule has 74 valence electrons. The van der Waals surface area contributed by atoms with Gasteiger partial charge in [0.25, 0.3) is 0 Å². The fraction of sp³-hybridized carbons (Fsp3) is 0.273. The molecule has 0 N–H and O–H groups in total. The Labute approximate surface area is 87.7 Å². The molecule has 0 saturated heterocycles. The molecular formula is C11H12O2S. The van der Waals surface area contributed by atoms with Crippen molar-refractivity contribution < 1.29 is 9.59 Å². The van der Waals surface area contributed by atoms with E-state index in [4.69, 9.17) is 0 Å². The van der Waals surface area contributed by atoms with Gasteiger partial charge in [0.2, 0.25) is 0 Å². The average molecular weight is 208 g/mol. The predicted octanol–water partition coefficient (Wildman–Crippen LogP) is 2.54. The second-order valence-electron chi connectivity index (χ2n) is 2.77. The first-order valence-electron chi connectivity index (χ1n) is 4.48. The first-order valence-corrected chi connectivity index (χ1v) is 5.46. The molecule has 0 aliphatic heterocycles. The molecule has 3 heteroatoms. The zero-order valence-corrected chi connectivity index (χ0v) is 8.84. The number of thioether (sulfide) groups is 1. The topological polar surface area (TPSA) is 34.1 Å². The highest BCUT2D eigenvalue weighted by Crippen LogP contribution is 2.09. The SMILES string of the molecule is CCSC(=O)CC(=O)c1ccccc1. The van der Waals surface area contributed by atoms with Crippen LogP contribution in [-0.2, 0) is 4.79 Å². The van der Waals surface area contributed by atoms with E-state index in [2.05, 4.69) is 0 Å². The number of ketones is 1. The Bertz CT molecular complexity index is 319. The van der Waals surface area contributed by atoms with Gasteiger partial charge in [0.1, 0.15) is 0 Å². The summed E-state index contributed by atoms with van der Waals surface area (Å²) in [5.41, 5.74) is 0.609. The maximum atomic E-state index is 11.5. The minimum atomic E-state index is -0.100. The zero-order chi connectivity index (χ0) is 10.4. The predicted molar refractivity (Wildman–Crippen MR) is 58.5 cm³/mol. The fourth-order valence-electron chi connectivity index (χ4n) is 1.07. The summed E-state index contributed by atoms with van der Waals surface area (Å²) < 4.78 is 0. The minimum absolute atomic E-state index is 0.00250. The van der Waals surface area contributed by atoms with Gasteiger partial charge in [-0.25, -0.2) is 0 Å². The Morgan fingerprint density at radius 3 is 2.43 bits per heavy atom. The number of Topliss-reactive ketones (excluding diaryl/α,β-unsaturated/α-hetero) is 1. The Kier molecular flexibility index (Phi) is 4.40. The second kappa shape index (κ2) is 5.60. The third kappa shape index (κ3) is 3.34. The van der Waals surface area contributed by atoms with E-state index in [1.807, 2.05) is 13.0 Å². The lowest BCUT2D eigenvalue weighted by atomic mass is 10.1. The van der Waals surface area contributed by atoms with Crippen molar-refractivity contribution >= 4 is 22.7 Å². The molecule has 0 aromatic heterocycles. The molecule has 1 rings (SSSR count). The lowest BCUT2D eigenvalue weighted by Crippen LogP contribution is -2.05. The van der Waals surface area contributed by atoms with E-state index >= 15 is 0 Å². The van der Waals surface area contributed by atoms with E-state index in [0.29, 0.717) is 5.56 Å². The molecule has 0 heterocycles. The number of carbonyl (C=O) groups excluding carboxylic acids is 2. The first-order chi connectivity index (χ1) is 6.74. The van der Waals surface area contributed by atoms with Crippen molar-refractivity contribution in [1.82, 2.24) is 0 Å². The van der Waals surface area contributed by atoms with Gasteiger partial charge in [-0.2, -0.15) is 0 Å². The minimum Gasteiger partial charge on any atom is -0.294 e. The van der Waals surface area contributed by atoms with E-state index in [1.54, 1.807) is 24.3 Å². The van der Waals surface area contributed by atoms with Gasteiger partial charge in [0.05, 0.1) is 6.42 Å². The molecule has 0 amide bonds. The normalized spacial score (nSPS) is 9.79.